The van der Waals surface area contributed by atoms with Gasteiger partial charge in [-0.05, 0) is 76.5 Å². The molecular formula is C31H35F2N5O2S. The van der Waals surface area contributed by atoms with E-state index < -0.39 is 11.6 Å². The zero-order valence-electron chi connectivity index (χ0n) is 23.7. The number of piperazine rings is 1. The number of aryl methyl sites for hydroxylation is 1. The van der Waals surface area contributed by atoms with Crippen molar-refractivity contribution in [2.45, 2.75) is 63.2 Å². The van der Waals surface area contributed by atoms with E-state index in [0.29, 0.717) is 36.6 Å². The van der Waals surface area contributed by atoms with Crippen LogP contribution in [0.2, 0.25) is 0 Å². The first-order chi connectivity index (χ1) is 19.7. The fraction of sp³-hybridized carbons (Fsp3) is 0.452. The van der Waals surface area contributed by atoms with Crippen LogP contribution < -0.4 is 10.6 Å². The Labute approximate surface area is 242 Å². The molecule has 3 aromatic rings. The molecule has 4 heterocycles. The van der Waals surface area contributed by atoms with E-state index in [1.807, 2.05) is 31.7 Å². The van der Waals surface area contributed by atoms with Crippen LogP contribution in [0.3, 0.4) is 0 Å². The fourth-order valence-electron chi connectivity index (χ4n) is 6.91. The molecule has 0 aliphatic carbocycles. The second-order valence-corrected chi connectivity index (χ2v) is 12.5. The number of anilines is 1. The van der Waals surface area contributed by atoms with E-state index in [2.05, 4.69) is 21.4 Å². The molecule has 1 unspecified atom stereocenters. The van der Waals surface area contributed by atoms with Gasteiger partial charge in [0.25, 0.3) is 0 Å². The quantitative estimate of drug-likeness (QED) is 0.413. The van der Waals surface area contributed by atoms with Crippen molar-refractivity contribution in [2.75, 3.05) is 36.8 Å². The second kappa shape index (κ2) is 10.9. The minimum Gasteiger partial charge on any atom is -0.352 e. The molecule has 0 N–H and O–H groups in total. The molecule has 41 heavy (non-hydrogen) atoms. The molecule has 2 saturated heterocycles. The Morgan fingerprint density at radius 2 is 1.80 bits per heavy atom. The van der Waals surface area contributed by atoms with Crippen LogP contribution in [0.5, 0.6) is 0 Å². The van der Waals surface area contributed by atoms with Gasteiger partial charge in [-0.25, -0.2) is 13.6 Å². The van der Waals surface area contributed by atoms with Gasteiger partial charge in [0, 0.05) is 71.0 Å². The highest BCUT2D eigenvalue weighted by molar-refractivity contribution is 7.99. The molecule has 6 rings (SSSR count). The zero-order chi connectivity index (χ0) is 29.0. The highest BCUT2D eigenvalue weighted by atomic mass is 32.2. The van der Waals surface area contributed by atoms with Crippen molar-refractivity contribution in [1.29, 1.82) is 0 Å². The van der Waals surface area contributed by atoms with Crippen molar-refractivity contribution in [3.8, 4) is 11.1 Å². The number of rotatable bonds is 4. The lowest BCUT2D eigenvalue weighted by atomic mass is 9.97. The topological polar surface area (TPSA) is 61.7 Å². The van der Waals surface area contributed by atoms with Gasteiger partial charge < -0.3 is 9.80 Å². The maximum atomic E-state index is 15.3. The van der Waals surface area contributed by atoms with Gasteiger partial charge in [-0.1, -0.05) is 6.58 Å². The molecule has 3 aliphatic rings. The van der Waals surface area contributed by atoms with E-state index in [9.17, 15) is 14.0 Å². The van der Waals surface area contributed by atoms with Crippen molar-refractivity contribution in [1.82, 2.24) is 19.4 Å². The van der Waals surface area contributed by atoms with E-state index >= 15 is 4.39 Å². The first-order valence-electron chi connectivity index (χ1n) is 14.3. The normalized spacial score (nSPS) is 23.2. The molecule has 0 spiro atoms. The summed E-state index contributed by atoms with van der Waals surface area (Å²) < 4.78 is 30.9. The summed E-state index contributed by atoms with van der Waals surface area (Å²) in [6.07, 6.45) is 3.61. The maximum absolute atomic E-state index is 15.3. The Kier molecular flexibility index (Phi) is 7.40. The maximum Gasteiger partial charge on any atom is 0.350 e. The average Bonchev–Trinajstić information content (AvgIpc) is 3.39. The Bertz CT molecular complexity index is 1590. The number of aromatic nitrogens is 2. The zero-order valence-corrected chi connectivity index (χ0v) is 24.5. The van der Waals surface area contributed by atoms with Crippen molar-refractivity contribution in [2.24, 2.45) is 0 Å². The Morgan fingerprint density at radius 3 is 2.46 bits per heavy atom. The SMILES string of the molecule is C=CC(=O)N1[C@H](C)CN(c2nc(=O)n3c4c(c(-c5ccc(F)cc5F)c(C)cc24)SCC(N2CCCC2)C3)C[C@@H]1C. The highest BCUT2D eigenvalue weighted by Crippen LogP contribution is 2.44. The van der Waals surface area contributed by atoms with Crippen LogP contribution in [0.15, 0.2) is 46.6 Å². The van der Waals surface area contributed by atoms with Crippen LogP contribution >= 0.6 is 11.8 Å². The molecule has 2 fully saturated rings. The Morgan fingerprint density at radius 1 is 1.10 bits per heavy atom. The number of benzene rings is 2. The molecule has 216 valence electrons. The molecule has 0 saturated carbocycles. The fourth-order valence-corrected chi connectivity index (χ4v) is 8.35. The standard InChI is InChI=1S/C31H35F2N5O2S/c1-5-26(39)38-19(3)14-36(15-20(38)4)30-24-12-18(2)27(23-9-8-21(32)13-25(23)33)29-28(24)37(31(40)34-30)16-22(17-41-29)35-10-6-7-11-35/h5,8-9,12-13,19-20,22H,1,6-7,10-11,14-17H2,2-4H3/t19-,20+,22?. The Balaban J connectivity index is 1.55. The predicted molar refractivity (Wildman–Crippen MR) is 160 cm³/mol. The van der Waals surface area contributed by atoms with Crippen molar-refractivity contribution < 1.29 is 13.6 Å². The molecule has 1 aromatic heterocycles. The molecule has 1 amide bonds. The number of carbonyl (C=O) groups is 1. The van der Waals surface area contributed by atoms with Crippen molar-refractivity contribution in [3.63, 3.8) is 0 Å². The molecule has 0 bridgehead atoms. The summed E-state index contributed by atoms with van der Waals surface area (Å²) in [5.74, 6) is -0.0311. The van der Waals surface area contributed by atoms with Crippen LogP contribution in [-0.4, -0.2) is 75.3 Å². The molecule has 7 nitrogen and oxygen atoms in total. The van der Waals surface area contributed by atoms with Gasteiger partial charge >= 0.3 is 5.69 Å². The smallest absolute Gasteiger partial charge is 0.350 e. The number of likely N-dealkylation sites (tertiary alicyclic amines) is 1. The lowest BCUT2D eigenvalue weighted by Gasteiger charge is -2.44. The highest BCUT2D eigenvalue weighted by Gasteiger charge is 2.35. The lowest BCUT2D eigenvalue weighted by molar-refractivity contribution is -0.130. The first-order valence-corrected chi connectivity index (χ1v) is 15.3. The van der Waals surface area contributed by atoms with Crippen LogP contribution in [0, 0.1) is 18.6 Å². The number of halogens is 2. The number of nitrogens with zero attached hydrogens (tertiary/aromatic N) is 5. The minimum atomic E-state index is -0.627. The number of hydrogen-bond acceptors (Lipinski definition) is 6. The molecule has 2 aromatic carbocycles. The summed E-state index contributed by atoms with van der Waals surface area (Å²) >= 11 is 1.65. The van der Waals surface area contributed by atoms with Crippen LogP contribution in [0.4, 0.5) is 14.6 Å². The molecule has 0 radical (unpaired) electrons. The summed E-state index contributed by atoms with van der Waals surface area (Å²) in [5, 5.41) is 0.834. The van der Waals surface area contributed by atoms with Crippen LogP contribution in [0.1, 0.15) is 32.3 Å². The summed E-state index contributed by atoms with van der Waals surface area (Å²) in [6.45, 7) is 13.1. The van der Waals surface area contributed by atoms with E-state index in [1.165, 1.54) is 18.2 Å². The van der Waals surface area contributed by atoms with Crippen LogP contribution in [0.25, 0.3) is 22.0 Å². The summed E-state index contributed by atoms with van der Waals surface area (Å²) in [6, 6.07) is 5.59. The predicted octanol–water partition coefficient (Wildman–Crippen LogP) is 4.83. The lowest BCUT2D eigenvalue weighted by Crippen LogP contribution is -2.58. The first kappa shape index (κ1) is 27.9. The van der Waals surface area contributed by atoms with E-state index in [1.54, 1.807) is 16.3 Å². The third kappa shape index (κ3) is 4.84. The summed E-state index contributed by atoms with van der Waals surface area (Å²) in [5.41, 5.74) is 2.26. The third-order valence-electron chi connectivity index (χ3n) is 8.71. The van der Waals surface area contributed by atoms with Gasteiger partial charge in [-0.2, -0.15) is 4.98 Å². The molecule has 3 atom stereocenters. The van der Waals surface area contributed by atoms with Gasteiger partial charge in [0.2, 0.25) is 5.91 Å². The molecular weight excluding hydrogens is 544 g/mol. The van der Waals surface area contributed by atoms with E-state index in [4.69, 9.17) is 0 Å². The largest absolute Gasteiger partial charge is 0.352 e. The van der Waals surface area contributed by atoms with Gasteiger partial charge in [-0.3, -0.25) is 14.3 Å². The minimum absolute atomic E-state index is 0.110. The molecule has 10 heteroatoms. The third-order valence-corrected chi connectivity index (χ3v) is 9.95. The van der Waals surface area contributed by atoms with Gasteiger partial charge in [0.1, 0.15) is 17.5 Å². The van der Waals surface area contributed by atoms with Gasteiger partial charge in [0.05, 0.1) is 5.52 Å². The van der Waals surface area contributed by atoms with Crippen molar-refractivity contribution in [3.05, 3.63) is 64.6 Å². The number of hydrogen-bond donors (Lipinski definition) is 0. The van der Waals surface area contributed by atoms with E-state index in [0.717, 1.165) is 59.1 Å². The second-order valence-electron chi connectivity index (χ2n) is 11.5. The average molecular weight is 580 g/mol. The van der Waals surface area contributed by atoms with Gasteiger partial charge in [-0.15, -0.1) is 11.8 Å². The van der Waals surface area contributed by atoms with Gasteiger partial charge in [0.15, 0.2) is 0 Å². The number of carbonyl (C=O) groups excluding carboxylic acids is 1. The molecule has 3 aliphatic heterocycles. The summed E-state index contributed by atoms with van der Waals surface area (Å²) in [4.78, 5) is 38.2. The number of thioether (sulfide) groups is 1. The van der Waals surface area contributed by atoms with E-state index in [-0.39, 0.29) is 29.7 Å². The Hall–Kier alpha value is -3.24. The monoisotopic (exact) mass is 579 g/mol. The number of amides is 1. The summed E-state index contributed by atoms with van der Waals surface area (Å²) in [7, 11) is 0. The van der Waals surface area contributed by atoms with Crippen molar-refractivity contribution >= 4 is 34.4 Å². The van der Waals surface area contributed by atoms with Crippen LogP contribution in [-0.2, 0) is 11.3 Å².